The lowest BCUT2D eigenvalue weighted by molar-refractivity contribution is 0.217. The van der Waals surface area contributed by atoms with Crippen molar-refractivity contribution in [1.82, 2.24) is 4.98 Å². The SMILES string of the molecule is N#Cc1c[nH]c2ccc([C@@H]3CCC[C@@H]3CO)cc12. The maximum Gasteiger partial charge on any atom is 0.101 e. The van der Waals surface area contributed by atoms with Crippen molar-refractivity contribution in [1.29, 1.82) is 5.26 Å². The smallest absolute Gasteiger partial charge is 0.101 e. The van der Waals surface area contributed by atoms with E-state index < -0.39 is 0 Å². The fourth-order valence-electron chi connectivity index (χ4n) is 3.16. The first-order valence-electron chi connectivity index (χ1n) is 6.45. The molecule has 18 heavy (non-hydrogen) atoms. The molecule has 1 heterocycles. The normalized spacial score (nSPS) is 23.3. The van der Waals surface area contributed by atoms with Gasteiger partial charge in [0.15, 0.2) is 0 Å². The molecule has 1 aliphatic carbocycles. The van der Waals surface area contributed by atoms with Gasteiger partial charge in [0.1, 0.15) is 6.07 Å². The molecule has 2 atom stereocenters. The minimum atomic E-state index is 0.265. The molecule has 1 aromatic carbocycles. The van der Waals surface area contributed by atoms with E-state index in [1.165, 1.54) is 12.0 Å². The highest BCUT2D eigenvalue weighted by molar-refractivity contribution is 5.86. The van der Waals surface area contributed by atoms with Crippen molar-refractivity contribution in [3.63, 3.8) is 0 Å². The minimum absolute atomic E-state index is 0.265. The van der Waals surface area contributed by atoms with Crippen LogP contribution in [-0.4, -0.2) is 16.7 Å². The van der Waals surface area contributed by atoms with Crippen molar-refractivity contribution in [2.75, 3.05) is 6.61 Å². The third kappa shape index (κ3) is 1.70. The number of aliphatic hydroxyl groups is 1. The number of benzene rings is 1. The summed E-state index contributed by atoms with van der Waals surface area (Å²) in [7, 11) is 0. The van der Waals surface area contributed by atoms with E-state index in [1.54, 1.807) is 6.20 Å². The van der Waals surface area contributed by atoms with Gasteiger partial charge in [-0.05, 0) is 42.4 Å². The molecular formula is C15H16N2O. The lowest BCUT2D eigenvalue weighted by Crippen LogP contribution is -2.10. The zero-order valence-electron chi connectivity index (χ0n) is 10.2. The second-order valence-corrected chi connectivity index (χ2v) is 5.10. The van der Waals surface area contributed by atoms with Gasteiger partial charge in [-0.15, -0.1) is 0 Å². The lowest BCUT2D eigenvalue weighted by Gasteiger charge is -2.17. The number of aromatic amines is 1. The van der Waals surface area contributed by atoms with Gasteiger partial charge in [-0.2, -0.15) is 5.26 Å². The third-order valence-electron chi connectivity index (χ3n) is 4.15. The molecule has 1 saturated carbocycles. The van der Waals surface area contributed by atoms with Gasteiger partial charge in [0.05, 0.1) is 5.56 Å². The van der Waals surface area contributed by atoms with Crippen LogP contribution in [0.4, 0.5) is 0 Å². The van der Waals surface area contributed by atoms with E-state index in [-0.39, 0.29) is 6.61 Å². The standard InChI is InChI=1S/C15H16N2O/c16-7-12-8-17-15-5-4-10(6-14(12)15)13-3-1-2-11(13)9-18/h4-6,8,11,13,17-18H,1-3,9H2/t11-,13+/m1/s1. The summed E-state index contributed by atoms with van der Waals surface area (Å²) in [6.07, 6.45) is 5.19. The number of H-pyrrole nitrogens is 1. The molecule has 0 bridgehead atoms. The van der Waals surface area contributed by atoms with Crippen LogP contribution in [-0.2, 0) is 0 Å². The Bertz CT molecular complexity index is 608. The first-order valence-corrected chi connectivity index (χ1v) is 6.45. The van der Waals surface area contributed by atoms with Crippen LogP contribution in [0.1, 0.15) is 36.3 Å². The summed E-state index contributed by atoms with van der Waals surface area (Å²) in [5.41, 5.74) is 2.97. The topological polar surface area (TPSA) is 59.8 Å². The molecule has 1 aromatic heterocycles. The highest BCUT2D eigenvalue weighted by Crippen LogP contribution is 2.40. The fraction of sp³-hybridized carbons (Fsp3) is 0.400. The van der Waals surface area contributed by atoms with Crippen LogP contribution in [0.15, 0.2) is 24.4 Å². The van der Waals surface area contributed by atoms with Crippen molar-refractivity contribution in [2.45, 2.75) is 25.2 Å². The number of aliphatic hydroxyl groups excluding tert-OH is 1. The first kappa shape index (κ1) is 11.3. The number of rotatable bonds is 2. The molecule has 92 valence electrons. The Hall–Kier alpha value is -1.79. The Morgan fingerprint density at radius 3 is 3.06 bits per heavy atom. The second kappa shape index (κ2) is 4.47. The molecule has 3 heteroatoms. The number of nitrogens with zero attached hydrogens (tertiary/aromatic N) is 1. The zero-order chi connectivity index (χ0) is 12.5. The monoisotopic (exact) mass is 240 g/mol. The molecular weight excluding hydrogens is 224 g/mol. The summed E-state index contributed by atoms with van der Waals surface area (Å²) in [6, 6.07) is 8.49. The van der Waals surface area contributed by atoms with Crippen LogP contribution in [0.25, 0.3) is 10.9 Å². The van der Waals surface area contributed by atoms with E-state index in [4.69, 9.17) is 5.26 Å². The molecule has 3 rings (SSSR count). The Kier molecular flexibility index (Phi) is 2.81. The fourth-order valence-corrected chi connectivity index (χ4v) is 3.16. The predicted octanol–water partition coefficient (Wildman–Crippen LogP) is 2.92. The van der Waals surface area contributed by atoms with Crippen LogP contribution >= 0.6 is 0 Å². The van der Waals surface area contributed by atoms with Gasteiger partial charge in [-0.1, -0.05) is 12.5 Å². The van der Waals surface area contributed by atoms with Gasteiger partial charge in [-0.3, -0.25) is 0 Å². The van der Waals surface area contributed by atoms with Gasteiger partial charge >= 0.3 is 0 Å². The largest absolute Gasteiger partial charge is 0.396 e. The summed E-state index contributed by atoms with van der Waals surface area (Å²) >= 11 is 0. The van der Waals surface area contributed by atoms with Crippen molar-refractivity contribution in [3.8, 4) is 6.07 Å². The van der Waals surface area contributed by atoms with E-state index in [0.29, 0.717) is 17.4 Å². The van der Waals surface area contributed by atoms with E-state index in [0.717, 1.165) is 23.7 Å². The van der Waals surface area contributed by atoms with Crippen molar-refractivity contribution < 1.29 is 5.11 Å². The van der Waals surface area contributed by atoms with E-state index in [2.05, 4.69) is 23.2 Å². The molecule has 0 aliphatic heterocycles. The van der Waals surface area contributed by atoms with E-state index in [9.17, 15) is 5.11 Å². The molecule has 1 fully saturated rings. The Morgan fingerprint density at radius 1 is 1.39 bits per heavy atom. The predicted molar refractivity (Wildman–Crippen MR) is 70.2 cm³/mol. The van der Waals surface area contributed by atoms with Crippen LogP contribution in [0.3, 0.4) is 0 Å². The third-order valence-corrected chi connectivity index (χ3v) is 4.15. The molecule has 2 N–H and O–H groups in total. The lowest BCUT2D eigenvalue weighted by atomic mass is 9.88. The number of hydrogen-bond acceptors (Lipinski definition) is 2. The minimum Gasteiger partial charge on any atom is -0.396 e. The van der Waals surface area contributed by atoms with E-state index in [1.807, 2.05) is 6.07 Å². The molecule has 0 amide bonds. The maximum atomic E-state index is 9.41. The quantitative estimate of drug-likeness (QED) is 0.847. The van der Waals surface area contributed by atoms with Crippen molar-refractivity contribution >= 4 is 10.9 Å². The first-order chi connectivity index (χ1) is 8.83. The second-order valence-electron chi connectivity index (χ2n) is 5.10. The summed E-state index contributed by atoms with van der Waals surface area (Å²) in [5, 5.41) is 19.5. The van der Waals surface area contributed by atoms with Crippen molar-refractivity contribution in [3.05, 3.63) is 35.5 Å². The van der Waals surface area contributed by atoms with Crippen LogP contribution < -0.4 is 0 Å². The maximum absolute atomic E-state index is 9.41. The number of nitriles is 1. The van der Waals surface area contributed by atoms with Gasteiger partial charge in [-0.25, -0.2) is 0 Å². The average Bonchev–Trinajstić information content (AvgIpc) is 3.03. The van der Waals surface area contributed by atoms with E-state index >= 15 is 0 Å². The van der Waals surface area contributed by atoms with Gasteiger partial charge in [0.25, 0.3) is 0 Å². The zero-order valence-corrected chi connectivity index (χ0v) is 10.2. The molecule has 2 aromatic rings. The molecule has 3 nitrogen and oxygen atoms in total. The molecule has 0 unspecified atom stereocenters. The van der Waals surface area contributed by atoms with Gasteiger partial charge < -0.3 is 10.1 Å². The summed E-state index contributed by atoms with van der Waals surface area (Å²) in [4.78, 5) is 3.11. The number of nitrogens with one attached hydrogen (secondary N) is 1. The number of hydrogen-bond donors (Lipinski definition) is 2. The van der Waals surface area contributed by atoms with Crippen LogP contribution in [0.2, 0.25) is 0 Å². The van der Waals surface area contributed by atoms with Gasteiger partial charge in [0, 0.05) is 23.7 Å². The van der Waals surface area contributed by atoms with Crippen LogP contribution in [0, 0.1) is 17.2 Å². The Balaban J connectivity index is 2.05. The number of fused-ring (bicyclic) bond motifs is 1. The van der Waals surface area contributed by atoms with Gasteiger partial charge in [0.2, 0.25) is 0 Å². The highest BCUT2D eigenvalue weighted by atomic mass is 16.3. The summed E-state index contributed by atoms with van der Waals surface area (Å²) < 4.78 is 0. The molecule has 1 aliphatic rings. The van der Waals surface area contributed by atoms with Crippen molar-refractivity contribution in [2.24, 2.45) is 5.92 Å². The Morgan fingerprint density at radius 2 is 2.28 bits per heavy atom. The number of aromatic nitrogens is 1. The Labute approximate surface area is 106 Å². The molecule has 0 radical (unpaired) electrons. The summed E-state index contributed by atoms with van der Waals surface area (Å²) in [5.74, 6) is 0.827. The molecule has 0 saturated heterocycles. The molecule has 0 spiro atoms. The van der Waals surface area contributed by atoms with Crippen LogP contribution in [0.5, 0.6) is 0 Å². The highest BCUT2D eigenvalue weighted by Gasteiger charge is 2.28. The summed E-state index contributed by atoms with van der Waals surface area (Å²) in [6.45, 7) is 0.265. The average molecular weight is 240 g/mol.